The summed E-state index contributed by atoms with van der Waals surface area (Å²) in [5, 5.41) is 9.34. The highest BCUT2D eigenvalue weighted by atomic mass is 16.3. The minimum Gasteiger partial charge on any atom is -0.508 e. The fourth-order valence-corrected chi connectivity index (χ4v) is 3.39. The predicted molar refractivity (Wildman–Crippen MR) is 81.6 cm³/mol. The summed E-state index contributed by atoms with van der Waals surface area (Å²) >= 11 is 0. The first kappa shape index (κ1) is 14.4. The van der Waals surface area contributed by atoms with E-state index in [1.807, 2.05) is 12.1 Å². The van der Waals surface area contributed by atoms with Gasteiger partial charge in [-0.1, -0.05) is 51.2 Å². The third kappa shape index (κ3) is 4.56. The molecular formula is C18H28O. The Hall–Kier alpha value is -0.980. The number of unbranched alkanes of at least 4 members (excludes halogenated alkanes) is 3. The normalized spacial score (nSPS) is 23.4. The van der Waals surface area contributed by atoms with E-state index in [0.717, 1.165) is 11.8 Å². The SMILES string of the molecule is CCCCCC[C@H]1CC[C@H](c2ccc(O)cc2)CC1. The second kappa shape index (κ2) is 7.57. The van der Waals surface area contributed by atoms with Gasteiger partial charge in [0.2, 0.25) is 0 Å². The monoisotopic (exact) mass is 260 g/mol. The Bertz CT molecular complexity index is 346. The Kier molecular flexibility index (Phi) is 5.75. The largest absolute Gasteiger partial charge is 0.508 e. The van der Waals surface area contributed by atoms with Gasteiger partial charge in [0.1, 0.15) is 5.75 Å². The van der Waals surface area contributed by atoms with Gasteiger partial charge in [0.15, 0.2) is 0 Å². The van der Waals surface area contributed by atoms with Crippen LogP contribution in [0.15, 0.2) is 24.3 Å². The van der Waals surface area contributed by atoms with E-state index in [4.69, 9.17) is 0 Å². The summed E-state index contributed by atoms with van der Waals surface area (Å²) in [6.07, 6.45) is 12.5. The fraction of sp³-hybridized carbons (Fsp3) is 0.667. The summed E-state index contributed by atoms with van der Waals surface area (Å²) in [4.78, 5) is 0. The zero-order valence-corrected chi connectivity index (χ0v) is 12.3. The van der Waals surface area contributed by atoms with Gasteiger partial charge in [-0.25, -0.2) is 0 Å². The van der Waals surface area contributed by atoms with Crippen LogP contribution in [0.1, 0.15) is 76.2 Å². The first-order chi connectivity index (χ1) is 9.29. The number of hydrogen-bond donors (Lipinski definition) is 1. The maximum Gasteiger partial charge on any atom is 0.115 e. The molecule has 0 amide bonds. The average molecular weight is 260 g/mol. The molecule has 1 aliphatic carbocycles. The minimum atomic E-state index is 0.383. The maximum atomic E-state index is 9.34. The smallest absolute Gasteiger partial charge is 0.115 e. The van der Waals surface area contributed by atoms with Crippen molar-refractivity contribution in [3.8, 4) is 5.75 Å². The number of aromatic hydroxyl groups is 1. The summed E-state index contributed by atoms with van der Waals surface area (Å²) in [7, 11) is 0. The maximum absolute atomic E-state index is 9.34. The quantitative estimate of drug-likeness (QED) is 0.656. The van der Waals surface area contributed by atoms with Gasteiger partial charge in [0.25, 0.3) is 0 Å². The first-order valence-electron chi connectivity index (χ1n) is 8.08. The van der Waals surface area contributed by atoms with Gasteiger partial charge >= 0.3 is 0 Å². The third-order valence-electron chi connectivity index (χ3n) is 4.68. The molecule has 1 heteroatoms. The molecule has 1 aromatic carbocycles. The molecule has 1 saturated carbocycles. The van der Waals surface area contributed by atoms with E-state index in [9.17, 15) is 5.11 Å². The number of phenols is 1. The summed E-state index contributed by atoms with van der Waals surface area (Å²) in [6, 6.07) is 7.85. The van der Waals surface area contributed by atoms with Gasteiger partial charge in [-0.15, -0.1) is 0 Å². The lowest BCUT2D eigenvalue weighted by Crippen LogP contribution is -2.13. The number of rotatable bonds is 6. The lowest BCUT2D eigenvalue weighted by atomic mass is 9.77. The molecule has 0 heterocycles. The molecule has 19 heavy (non-hydrogen) atoms. The molecule has 1 nitrogen and oxygen atoms in total. The zero-order valence-electron chi connectivity index (χ0n) is 12.3. The van der Waals surface area contributed by atoms with Crippen molar-refractivity contribution in [2.45, 2.75) is 70.6 Å². The van der Waals surface area contributed by atoms with Crippen molar-refractivity contribution in [1.29, 1.82) is 0 Å². The predicted octanol–water partition coefficient (Wildman–Crippen LogP) is 5.64. The highest BCUT2D eigenvalue weighted by Crippen LogP contribution is 2.38. The third-order valence-corrected chi connectivity index (χ3v) is 4.68. The highest BCUT2D eigenvalue weighted by molar-refractivity contribution is 5.28. The van der Waals surface area contributed by atoms with E-state index in [2.05, 4.69) is 19.1 Å². The van der Waals surface area contributed by atoms with Gasteiger partial charge in [0.05, 0.1) is 0 Å². The van der Waals surface area contributed by atoms with Crippen LogP contribution in [0.25, 0.3) is 0 Å². The van der Waals surface area contributed by atoms with Gasteiger partial charge in [-0.2, -0.15) is 0 Å². The van der Waals surface area contributed by atoms with Gasteiger partial charge in [0, 0.05) is 0 Å². The standard InChI is InChI=1S/C18H28O/c1-2-3-4-5-6-15-7-9-16(10-8-15)17-11-13-18(19)14-12-17/h11-16,19H,2-10H2,1H3/t15-,16-. The molecule has 0 aromatic heterocycles. The van der Waals surface area contributed by atoms with Crippen molar-refractivity contribution in [2.24, 2.45) is 5.92 Å². The van der Waals surface area contributed by atoms with E-state index in [1.165, 1.54) is 63.4 Å². The van der Waals surface area contributed by atoms with Crippen molar-refractivity contribution >= 4 is 0 Å². The molecule has 2 rings (SSSR count). The van der Waals surface area contributed by atoms with Crippen LogP contribution in [-0.2, 0) is 0 Å². The molecule has 0 bridgehead atoms. The lowest BCUT2D eigenvalue weighted by Gasteiger charge is -2.28. The van der Waals surface area contributed by atoms with Gasteiger partial charge in [-0.05, 0) is 55.2 Å². The van der Waals surface area contributed by atoms with Crippen molar-refractivity contribution in [2.75, 3.05) is 0 Å². The van der Waals surface area contributed by atoms with Crippen molar-refractivity contribution < 1.29 is 5.11 Å². The molecule has 0 saturated heterocycles. The van der Waals surface area contributed by atoms with Crippen LogP contribution in [0.2, 0.25) is 0 Å². The van der Waals surface area contributed by atoms with Gasteiger partial charge < -0.3 is 5.11 Å². The second-order valence-electron chi connectivity index (χ2n) is 6.16. The van der Waals surface area contributed by atoms with Crippen LogP contribution >= 0.6 is 0 Å². The Morgan fingerprint density at radius 3 is 2.26 bits per heavy atom. The van der Waals surface area contributed by atoms with E-state index in [1.54, 1.807) is 0 Å². The van der Waals surface area contributed by atoms with E-state index >= 15 is 0 Å². The second-order valence-corrected chi connectivity index (χ2v) is 6.16. The molecule has 0 unspecified atom stereocenters. The Balaban J connectivity index is 1.71. The summed E-state index contributed by atoms with van der Waals surface area (Å²) in [6.45, 7) is 2.28. The molecule has 106 valence electrons. The minimum absolute atomic E-state index is 0.383. The topological polar surface area (TPSA) is 20.2 Å². The average Bonchev–Trinajstić information content (AvgIpc) is 2.45. The van der Waals surface area contributed by atoms with Crippen LogP contribution < -0.4 is 0 Å². The molecule has 1 N–H and O–H groups in total. The molecule has 0 atom stereocenters. The number of hydrogen-bond acceptors (Lipinski definition) is 1. The van der Waals surface area contributed by atoms with Crippen LogP contribution in [-0.4, -0.2) is 5.11 Å². The van der Waals surface area contributed by atoms with Crippen LogP contribution in [0.4, 0.5) is 0 Å². The van der Waals surface area contributed by atoms with Gasteiger partial charge in [-0.3, -0.25) is 0 Å². The fourth-order valence-electron chi connectivity index (χ4n) is 3.39. The Morgan fingerprint density at radius 1 is 0.947 bits per heavy atom. The van der Waals surface area contributed by atoms with Crippen LogP contribution in [0, 0.1) is 5.92 Å². The molecule has 0 radical (unpaired) electrons. The molecule has 0 spiro atoms. The van der Waals surface area contributed by atoms with Crippen molar-refractivity contribution in [3.05, 3.63) is 29.8 Å². The molecule has 1 aliphatic rings. The van der Waals surface area contributed by atoms with E-state index in [0.29, 0.717) is 5.75 Å². The Morgan fingerprint density at radius 2 is 1.63 bits per heavy atom. The summed E-state index contributed by atoms with van der Waals surface area (Å²) < 4.78 is 0. The van der Waals surface area contributed by atoms with Crippen molar-refractivity contribution in [3.63, 3.8) is 0 Å². The first-order valence-corrected chi connectivity index (χ1v) is 8.08. The summed E-state index contributed by atoms with van der Waals surface area (Å²) in [5.74, 6) is 2.09. The molecular weight excluding hydrogens is 232 g/mol. The Labute approximate surface area is 118 Å². The van der Waals surface area contributed by atoms with E-state index < -0.39 is 0 Å². The lowest BCUT2D eigenvalue weighted by molar-refractivity contribution is 0.302. The van der Waals surface area contributed by atoms with Crippen molar-refractivity contribution in [1.82, 2.24) is 0 Å². The molecule has 0 aliphatic heterocycles. The number of benzene rings is 1. The van der Waals surface area contributed by atoms with E-state index in [-0.39, 0.29) is 0 Å². The zero-order chi connectivity index (χ0) is 13.5. The summed E-state index contributed by atoms with van der Waals surface area (Å²) in [5.41, 5.74) is 1.42. The molecule has 1 fully saturated rings. The molecule has 1 aromatic rings. The number of phenolic OH excluding ortho intramolecular Hbond substituents is 1. The van der Waals surface area contributed by atoms with Crippen LogP contribution in [0.5, 0.6) is 5.75 Å². The van der Waals surface area contributed by atoms with Crippen LogP contribution in [0.3, 0.4) is 0 Å². The highest BCUT2D eigenvalue weighted by Gasteiger charge is 2.21.